The van der Waals surface area contributed by atoms with E-state index in [4.69, 9.17) is 4.74 Å². The van der Waals surface area contributed by atoms with Gasteiger partial charge in [-0.1, -0.05) is 18.2 Å². The number of nitrogens with zero attached hydrogens (tertiary/aromatic N) is 2. The van der Waals surface area contributed by atoms with Crippen LogP contribution >= 0.6 is 0 Å². The second kappa shape index (κ2) is 6.90. The summed E-state index contributed by atoms with van der Waals surface area (Å²) < 4.78 is 5.38. The van der Waals surface area contributed by atoms with E-state index in [1.807, 2.05) is 30.3 Å². The molecule has 0 spiro atoms. The second-order valence-electron chi connectivity index (χ2n) is 3.61. The maximum atomic E-state index is 11.6. The van der Waals surface area contributed by atoms with E-state index in [-0.39, 0.29) is 5.91 Å². The number of hydrazone groups is 1. The fraction of sp³-hybridized carbons (Fsp3) is 0.0714. The molecule has 5 nitrogen and oxygen atoms in total. The summed E-state index contributed by atoms with van der Waals surface area (Å²) in [4.78, 5) is 15.4. The van der Waals surface area contributed by atoms with Gasteiger partial charge in [0.15, 0.2) is 0 Å². The van der Waals surface area contributed by atoms with Crippen LogP contribution in [0.5, 0.6) is 5.75 Å². The lowest BCUT2D eigenvalue weighted by Gasteiger charge is -2.01. The molecule has 2 rings (SSSR count). The molecule has 0 aliphatic heterocycles. The summed E-state index contributed by atoms with van der Waals surface area (Å²) in [5.41, 5.74) is 2.92. The first-order valence-corrected chi connectivity index (χ1v) is 5.76. The van der Waals surface area contributed by atoms with Gasteiger partial charge in [0.05, 0.1) is 6.21 Å². The van der Waals surface area contributed by atoms with Gasteiger partial charge in [0, 0.05) is 18.0 Å². The topological polar surface area (TPSA) is 63.6 Å². The SMILES string of the molecule is O=C(N/N=C\COc1ccccc1)c1ccncc1. The van der Waals surface area contributed by atoms with E-state index in [9.17, 15) is 4.79 Å². The van der Waals surface area contributed by atoms with Crippen LogP contribution < -0.4 is 10.2 Å². The van der Waals surface area contributed by atoms with Crippen molar-refractivity contribution < 1.29 is 9.53 Å². The number of rotatable bonds is 5. The lowest BCUT2D eigenvalue weighted by atomic mass is 10.3. The summed E-state index contributed by atoms with van der Waals surface area (Å²) in [5.74, 6) is 0.479. The van der Waals surface area contributed by atoms with Crippen LogP contribution in [0.4, 0.5) is 0 Å². The molecule has 5 heteroatoms. The Bertz CT molecular complexity index is 541. The van der Waals surface area contributed by atoms with Crippen molar-refractivity contribution in [2.45, 2.75) is 0 Å². The highest BCUT2D eigenvalue weighted by Crippen LogP contribution is 2.06. The first-order chi connectivity index (χ1) is 9.36. The maximum absolute atomic E-state index is 11.6. The number of pyridine rings is 1. The molecule has 1 aromatic carbocycles. The Morgan fingerprint density at radius 3 is 2.68 bits per heavy atom. The number of hydrogen-bond donors (Lipinski definition) is 1. The highest BCUT2D eigenvalue weighted by atomic mass is 16.5. The third-order valence-corrected chi connectivity index (χ3v) is 2.27. The third-order valence-electron chi connectivity index (χ3n) is 2.27. The number of amides is 1. The zero-order chi connectivity index (χ0) is 13.3. The van der Waals surface area contributed by atoms with Crippen molar-refractivity contribution in [3.63, 3.8) is 0 Å². The quantitative estimate of drug-likeness (QED) is 0.655. The van der Waals surface area contributed by atoms with Crippen molar-refractivity contribution in [2.75, 3.05) is 6.61 Å². The lowest BCUT2D eigenvalue weighted by Crippen LogP contribution is -2.18. The van der Waals surface area contributed by atoms with Gasteiger partial charge < -0.3 is 4.74 Å². The van der Waals surface area contributed by atoms with E-state index in [1.165, 1.54) is 6.21 Å². The molecule has 1 N–H and O–H groups in total. The maximum Gasteiger partial charge on any atom is 0.271 e. The van der Waals surface area contributed by atoms with E-state index in [0.29, 0.717) is 12.2 Å². The average Bonchev–Trinajstić information content (AvgIpc) is 2.49. The lowest BCUT2D eigenvalue weighted by molar-refractivity contribution is 0.0955. The van der Waals surface area contributed by atoms with Crippen molar-refractivity contribution in [1.29, 1.82) is 0 Å². The second-order valence-corrected chi connectivity index (χ2v) is 3.61. The molecule has 0 saturated carbocycles. The average molecular weight is 255 g/mol. The zero-order valence-electron chi connectivity index (χ0n) is 10.2. The molecule has 96 valence electrons. The van der Waals surface area contributed by atoms with Crippen LogP contribution in [0.2, 0.25) is 0 Å². The standard InChI is InChI=1S/C14H13N3O2/c18-14(12-6-8-15-9-7-12)17-16-10-11-19-13-4-2-1-3-5-13/h1-10H,11H2,(H,17,18)/b16-10-. The molecule has 0 bridgehead atoms. The summed E-state index contributed by atoms with van der Waals surface area (Å²) in [5, 5.41) is 3.79. The highest BCUT2D eigenvalue weighted by Gasteiger charge is 2.01. The van der Waals surface area contributed by atoms with Crippen LogP contribution in [0.25, 0.3) is 0 Å². The number of ether oxygens (including phenoxy) is 1. The molecule has 0 fully saturated rings. The Labute approximate surface area is 110 Å². The van der Waals surface area contributed by atoms with Crippen LogP contribution in [0.3, 0.4) is 0 Å². The molecule has 0 atom stereocenters. The molecular formula is C14H13N3O2. The van der Waals surface area contributed by atoms with Gasteiger partial charge in [-0.25, -0.2) is 5.43 Å². The van der Waals surface area contributed by atoms with Crippen molar-refractivity contribution in [3.05, 3.63) is 60.4 Å². The highest BCUT2D eigenvalue weighted by molar-refractivity contribution is 5.94. The van der Waals surface area contributed by atoms with Gasteiger partial charge in [-0.2, -0.15) is 5.10 Å². The third kappa shape index (κ3) is 4.23. The van der Waals surface area contributed by atoms with Crippen LogP contribution in [0.1, 0.15) is 10.4 Å². The van der Waals surface area contributed by atoms with E-state index in [2.05, 4.69) is 15.5 Å². The van der Waals surface area contributed by atoms with E-state index in [1.54, 1.807) is 24.5 Å². The van der Waals surface area contributed by atoms with Gasteiger partial charge in [-0.05, 0) is 24.3 Å². The van der Waals surface area contributed by atoms with Gasteiger partial charge in [0.1, 0.15) is 12.4 Å². The number of carbonyl (C=O) groups is 1. The minimum Gasteiger partial charge on any atom is -0.488 e. The minimum atomic E-state index is -0.279. The summed E-state index contributed by atoms with van der Waals surface area (Å²) >= 11 is 0. The number of carbonyl (C=O) groups excluding carboxylic acids is 1. The van der Waals surface area contributed by atoms with Crippen LogP contribution in [0.15, 0.2) is 60.0 Å². The molecule has 0 aliphatic carbocycles. The minimum absolute atomic E-state index is 0.279. The predicted octanol–water partition coefficient (Wildman–Crippen LogP) is 1.88. The van der Waals surface area contributed by atoms with Gasteiger partial charge >= 0.3 is 0 Å². The molecule has 0 radical (unpaired) electrons. The zero-order valence-corrected chi connectivity index (χ0v) is 10.2. The molecule has 1 aromatic heterocycles. The van der Waals surface area contributed by atoms with Gasteiger partial charge in [-0.3, -0.25) is 9.78 Å². The van der Waals surface area contributed by atoms with Crippen molar-refractivity contribution in [3.8, 4) is 5.75 Å². The van der Waals surface area contributed by atoms with Crippen molar-refractivity contribution in [2.24, 2.45) is 5.10 Å². The molecule has 0 saturated heterocycles. The first kappa shape index (κ1) is 12.8. The molecule has 2 aromatic rings. The Morgan fingerprint density at radius 2 is 1.95 bits per heavy atom. The number of hydrogen-bond acceptors (Lipinski definition) is 4. The summed E-state index contributed by atoms with van der Waals surface area (Å²) in [6.45, 7) is 0.292. The molecule has 19 heavy (non-hydrogen) atoms. The Morgan fingerprint density at radius 1 is 1.21 bits per heavy atom. The fourth-order valence-electron chi connectivity index (χ4n) is 1.36. The Balaban J connectivity index is 1.74. The Kier molecular flexibility index (Phi) is 4.64. The largest absolute Gasteiger partial charge is 0.488 e. The Hall–Kier alpha value is -2.69. The number of nitrogens with one attached hydrogen (secondary N) is 1. The molecular weight excluding hydrogens is 242 g/mol. The van der Waals surface area contributed by atoms with Gasteiger partial charge in [0.2, 0.25) is 0 Å². The normalized spacial score (nSPS) is 10.3. The predicted molar refractivity (Wildman–Crippen MR) is 72.1 cm³/mol. The van der Waals surface area contributed by atoms with Gasteiger partial charge in [-0.15, -0.1) is 0 Å². The van der Waals surface area contributed by atoms with Crippen LogP contribution in [0, 0.1) is 0 Å². The number of benzene rings is 1. The first-order valence-electron chi connectivity index (χ1n) is 5.76. The molecule has 0 aliphatic rings. The molecule has 1 heterocycles. The van der Waals surface area contributed by atoms with Crippen LogP contribution in [-0.4, -0.2) is 23.7 Å². The van der Waals surface area contributed by atoms with Gasteiger partial charge in [0.25, 0.3) is 5.91 Å². The van der Waals surface area contributed by atoms with E-state index >= 15 is 0 Å². The summed E-state index contributed by atoms with van der Waals surface area (Å²) in [6.07, 6.45) is 4.60. The van der Waals surface area contributed by atoms with E-state index < -0.39 is 0 Å². The monoisotopic (exact) mass is 255 g/mol. The summed E-state index contributed by atoms with van der Waals surface area (Å²) in [6, 6.07) is 12.6. The van der Waals surface area contributed by atoms with Crippen molar-refractivity contribution in [1.82, 2.24) is 10.4 Å². The molecule has 0 unspecified atom stereocenters. The molecule has 1 amide bonds. The number of para-hydroxylation sites is 1. The number of aromatic nitrogens is 1. The van der Waals surface area contributed by atoms with E-state index in [0.717, 1.165) is 5.75 Å². The van der Waals surface area contributed by atoms with Crippen LogP contribution in [-0.2, 0) is 0 Å². The summed E-state index contributed by atoms with van der Waals surface area (Å²) in [7, 11) is 0. The smallest absolute Gasteiger partial charge is 0.271 e. The fourth-order valence-corrected chi connectivity index (χ4v) is 1.36. The van der Waals surface area contributed by atoms with Crippen molar-refractivity contribution >= 4 is 12.1 Å².